The quantitative estimate of drug-likeness (QED) is 0.678. The van der Waals surface area contributed by atoms with Crippen molar-refractivity contribution >= 4 is 5.97 Å². The number of rotatable bonds is 8. The summed E-state index contributed by atoms with van der Waals surface area (Å²) in [6.45, 7) is 6.08. The molecule has 1 aromatic carbocycles. The van der Waals surface area contributed by atoms with Gasteiger partial charge in [0.05, 0.1) is 18.8 Å². The van der Waals surface area contributed by atoms with Gasteiger partial charge >= 0.3 is 5.97 Å². The van der Waals surface area contributed by atoms with Crippen molar-refractivity contribution in [1.82, 2.24) is 0 Å². The molecule has 1 aromatic rings. The molecule has 0 spiro atoms. The van der Waals surface area contributed by atoms with Gasteiger partial charge in [0.2, 0.25) is 0 Å². The van der Waals surface area contributed by atoms with E-state index >= 15 is 0 Å². The van der Waals surface area contributed by atoms with E-state index in [1.807, 2.05) is 18.2 Å². The standard InChI is InChI=1S/C19H28O4/c1-15(2)12-16(13-22-18-10-6-7-11-21-18)14-23-19(20)17-8-4-3-5-9-17/h3-5,8-9,15-16,18H,6-7,10-14H2,1-2H3. The zero-order valence-corrected chi connectivity index (χ0v) is 14.2. The largest absolute Gasteiger partial charge is 0.462 e. The molecule has 2 rings (SSSR count). The molecule has 1 saturated heterocycles. The summed E-state index contributed by atoms with van der Waals surface area (Å²) in [5.74, 6) is 0.466. The molecule has 0 aromatic heterocycles. The lowest BCUT2D eigenvalue weighted by atomic mass is 9.98. The molecule has 128 valence electrons. The number of hydrogen-bond acceptors (Lipinski definition) is 4. The fourth-order valence-corrected chi connectivity index (χ4v) is 2.79. The van der Waals surface area contributed by atoms with E-state index in [-0.39, 0.29) is 18.2 Å². The third kappa shape index (κ3) is 6.71. The summed E-state index contributed by atoms with van der Waals surface area (Å²) < 4.78 is 16.9. The Morgan fingerprint density at radius 3 is 2.65 bits per heavy atom. The maximum atomic E-state index is 12.1. The minimum absolute atomic E-state index is 0.0942. The van der Waals surface area contributed by atoms with Crippen molar-refractivity contribution in [2.24, 2.45) is 11.8 Å². The number of carbonyl (C=O) groups excluding carboxylic acids is 1. The van der Waals surface area contributed by atoms with Gasteiger partial charge in [-0.15, -0.1) is 0 Å². The average Bonchev–Trinajstić information content (AvgIpc) is 2.58. The Balaban J connectivity index is 1.79. The van der Waals surface area contributed by atoms with Crippen LogP contribution in [0.1, 0.15) is 49.9 Å². The Morgan fingerprint density at radius 1 is 1.22 bits per heavy atom. The Hall–Kier alpha value is -1.39. The van der Waals surface area contributed by atoms with Crippen LogP contribution in [0.3, 0.4) is 0 Å². The van der Waals surface area contributed by atoms with Crippen molar-refractivity contribution in [1.29, 1.82) is 0 Å². The smallest absolute Gasteiger partial charge is 0.338 e. The molecule has 0 aliphatic carbocycles. The summed E-state index contributed by atoms with van der Waals surface area (Å²) in [5, 5.41) is 0. The van der Waals surface area contributed by atoms with Gasteiger partial charge < -0.3 is 14.2 Å². The van der Waals surface area contributed by atoms with E-state index in [0.717, 1.165) is 32.3 Å². The molecular weight excluding hydrogens is 292 g/mol. The predicted octanol–water partition coefficient (Wildman–Crippen LogP) is 4.05. The number of benzene rings is 1. The Bertz CT molecular complexity index is 452. The lowest BCUT2D eigenvalue weighted by molar-refractivity contribution is -0.171. The van der Waals surface area contributed by atoms with E-state index in [1.165, 1.54) is 0 Å². The van der Waals surface area contributed by atoms with Gasteiger partial charge in [0.15, 0.2) is 6.29 Å². The van der Waals surface area contributed by atoms with Crippen molar-refractivity contribution in [3.63, 3.8) is 0 Å². The van der Waals surface area contributed by atoms with Crippen LogP contribution in [0.15, 0.2) is 30.3 Å². The summed E-state index contributed by atoms with van der Waals surface area (Å²) in [4.78, 5) is 12.1. The molecule has 4 nitrogen and oxygen atoms in total. The van der Waals surface area contributed by atoms with E-state index < -0.39 is 0 Å². The van der Waals surface area contributed by atoms with E-state index in [9.17, 15) is 4.79 Å². The van der Waals surface area contributed by atoms with Gasteiger partial charge in [-0.3, -0.25) is 0 Å². The van der Waals surface area contributed by atoms with Crippen LogP contribution in [0.5, 0.6) is 0 Å². The highest BCUT2D eigenvalue weighted by Crippen LogP contribution is 2.18. The molecule has 1 heterocycles. The maximum Gasteiger partial charge on any atom is 0.338 e. The van der Waals surface area contributed by atoms with Gasteiger partial charge in [0, 0.05) is 12.5 Å². The lowest BCUT2D eigenvalue weighted by Crippen LogP contribution is -2.27. The molecule has 0 bridgehead atoms. The van der Waals surface area contributed by atoms with Crippen LogP contribution in [-0.2, 0) is 14.2 Å². The SMILES string of the molecule is CC(C)CC(COC(=O)c1ccccc1)COC1CCCCO1. The fourth-order valence-electron chi connectivity index (χ4n) is 2.79. The minimum Gasteiger partial charge on any atom is -0.462 e. The van der Waals surface area contributed by atoms with Gasteiger partial charge in [-0.05, 0) is 43.7 Å². The number of esters is 1. The van der Waals surface area contributed by atoms with Crippen LogP contribution in [0.25, 0.3) is 0 Å². The Kier molecular flexibility index (Phi) is 7.56. The molecule has 4 heteroatoms. The molecule has 23 heavy (non-hydrogen) atoms. The third-order valence-electron chi connectivity index (χ3n) is 3.92. The molecular formula is C19H28O4. The highest BCUT2D eigenvalue weighted by molar-refractivity contribution is 5.89. The summed E-state index contributed by atoms with van der Waals surface area (Å²) in [6.07, 6.45) is 4.10. The Morgan fingerprint density at radius 2 is 2.00 bits per heavy atom. The van der Waals surface area contributed by atoms with Crippen molar-refractivity contribution in [3.05, 3.63) is 35.9 Å². The van der Waals surface area contributed by atoms with E-state index in [1.54, 1.807) is 12.1 Å². The first kappa shape index (κ1) is 18.0. The van der Waals surface area contributed by atoms with E-state index in [0.29, 0.717) is 24.7 Å². The van der Waals surface area contributed by atoms with Crippen LogP contribution in [0.4, 0.5) is 0 Å². The summed E-state index contributed by atoms with van der Waals surface area (Å²) in [5.41, 5.74) is 0.590. The molecule has 0 N–H and O–H groups in total. The van der Waals surface area contributed by atoms with Gasteiger partial charge in [0.25, 0.3) is 0 Å². The van der Waals surface area contributed by atoms with Crippen molar-refractivity contribution < 1.29 is 19.0 Å². The highest BCUT2D eigenvalue weighted by Gasteiger charge is 2.19. The highest BCUT2D eigenvalue weighted by atomic mass is 16.7. The normalized spacial score (nSPS) is 19.5. The fraction of sp³-hybridized carbons (Fsp3) is 0.632. The zero-order chi connectivity index (χ0) is 16.5. The molecule has 0 amide bonds. The number of ether oxygens (including phenoxy) is 3. The second kappa shape index (κ2) is 9.68. The summed E-state index contributed by atoms with van der Waals surface area (Å²) in [7, 11) is 0. The van der Waals surface area contributed by atoms with Gasteiger partial charge in [-0.25, -0.2) is 4.79 Å². The minimum atomic E-state index is -0.270. The molecule has 2 unspecified atom stereocenters. The second-order valence-electron chi connectivity index (χ2n) is 6.59. The van der Waals surface area contributed by atoms with Gasteiger partial charge in [-0.2, -0.15) is 0 Å². The molecule has 2 atom stereocenters. The summed E-state index contributed by atoms with van der Waals surface area (Å²) in [6, 6.07) is 9.10. The lowest BCUT2D eigenvalue weighted by Gasteiger charge is -2.26. The average molecular weight is 320 g/mol. The van der Waals surface area contributed by atoms with Crippen molar-refractivity contribution in [2.75, 3.05) is 19.8 Å². The first-order chi connectivity index (χ1) is 11.1. The molecule has 1 aliphatic heterocycles. The number of hydrogen-bond donors (Lipinski definition) is 0. The molecule has 0 radical (unpaired) electrons. The van der Waals surface area contributed by atoms with Crippen LogP contribution >= 0.6 is 0 Å². The van der Waals surface area contributed by atoms with Crippen LogP contribution < -0.4 is 0 Å². The first-order valence-corrected chi connectivity index (χ1v) is 8.60. The molecule has 1 fully saturated rings. The summed E-state index contributed by atoms with van der Waals surface area (Å²) >= 11 is 0. The first-order valence-electron chi connectivity index (χ1n) is 8.60. The predicted molar refractivity (Wildman–Crippen MR) is 89.2 cm³/mol. The third-order valence-corrected chi connectivity index (χ3v) is 3.92. The van der Waals surface area contributed by atoms with Crippen LogP contribution in [0.2, 0.25) is 0 Å². The topological polar surface area (TPSA) is 44.8 Å². The maximum absolute atomic E-state index is 12.1. The molecule has 1 aliphatic rings. The molecule has 0 saturated carbocycles. The van der Waals surface area contributed by atoms with Crippen molar-refractivity contribution in [2.45, 2.75) is 45.8 Å². The van der Waals surface area contributed by atoms with Gasteiger partial charge in [0.1, 0.15) is 0 Å². The van der Waals surface area contributed by atoms with E-state index in [4.69, 9.17) is 14.2 Å². The monoisotopic (exact) mass is 320 g/mol. The van der Waals surface area contributed by atoms with Crippen molar-refractivity contribution in [3.8, 4) is 0 Å². The second-order valence-corrected chi connectivity index (χ2v) is 6.59. The number of carbonyl (C=O) groups is 1. The van der Waals surface area contributed by atoms with Crippen LogP contribution in [-0.4, -0.2) is 32.1 Å². The Labute approximate surface area is 139 Å². The van der Waals surface area contributed by atoms with Gasteiger partial charge in [-0.1, -0.05) is 32.0 Å². The van der Waals surface area contributed by atoms with Crippen LogP contribution in [0, 0.1) is 11.8 Å². The zero-order valence-electron chi connectivity index (χ0n) is 14.2. The van der Waals surface area contributed by atoms with E-state index in [2.05, 4.69) is 13.8 Å².